The molecule has 0 aliphatic rings. The van der Waals surface area contributed by atoms with Gasteiger partial charge < -0.3 is 14.4 Å². The summed E-state index contributed by atoms with van der Waals surface area (Å²) in [6, 6.07) is 12.0. The monoisotopic (exact) mass is 388 g/mol. The molecule has 0 atom stereocenters. The van der Waals surface area contributed by atoms with Gasteiger partial charge in [0.1, 0.15) is 18.1 Å². The molecule has 0 spiro atoms. The van der Waals surface area contributed by atoms with Crippen molar-refractivity contribution >= 4 is 20.9 Å². The molecule has 0 amide bonds. The van der Waals surface area contributed by atoms with Crippen molar-refractivity contribution in [3.05, 3.63) is 54.2 Å². The number of aromatic nitrogens is 1. The van der Waals surface area contributed by atoms with Gasteiger partial charge in [0.05, 0.1) is 17.5 Å². The second-order valence-corrected chi connectivity index (χ2v) is 8.44. The number of hydrogen-bond donors (Lipinski definition) is 0. The van der Waals surface area contributed by atoms with Gasteiger partial charge in [0.15, 0.2) is 0 Å². The highest BCUT2D eigenvalue weighted by molar-refractivity contribution is 7.90. The molecule has 3 rings (SSSR count). The second-order valence-electron chi connectivity index (χ2n) is 6.62. The molecule has 0 saturated carbocycles. The van der Waals surface area contributed by atoms with E-state index in [4.69, 9.17) is 9.47 Å². The topological polar surface area (TPSA) is 60.8 Å². The van der Waals surface area contributed by atoms with Gasteiger partial charge in [-0.2, -0.15) is 0 Å². The summed E-state index contributed by atoms with van der Waals surface area (Å²) in [4.78, 5) is 2.21. The van der Waals surface area contributed by atoms with Crippen LogP contribution in [0.2, 0.25) is 0 Å². The Morgan fingerprint density at radius 2 is 1.85 bits per heavy atom. The number of methoxy groups -OCH3 is 1. The van der Waals surface area contributed by atoms with E-state index in [9.17, 15) is 8.42 Å². The van der Waals surface area contributed by atoms with Gasteiger partial charge in [0.25, 0.3) is 10.0 Å². The molecule has 1 aromatic heterocycles. The predicted octanol–water partition coefficient (Wildman–Crippen LogP) is 3.14. The first-order chi connectivity index (χ1) is 12.8. The molecule has 2 aromatic carbocycles. The molecule has 0 fully saturated rings. The van der Waals surface area contributed by atoms with Crippen molar-refractivity contribution < 1.29 is 17.9 Å². The molecule has 1 heterocycles. The summed E-state index contributed by atoms with van der Waals surface area (Å²) in [5.41, 5.74) is 1.50. The summed E-state index contributed by atoms with van der Waals surface area (Å²) in [5.74, 6) is 1.26. The van der Waals surface area contributed by atoms with Crippen LogP contribution >= 0.6 is 0 Å². The van der Waals surface area contributed by atoms with Crippen molar-refractivity contribution in [1.82, 2.24) is 8.87 Å². The number of rotatable bonds is 7. The fourth-order valence-corrected chi connectivity index (χ4v) is 4.15. The number of hydrogen-bond acceptors (Lipinski definition) is 5. The van der Waals surface area contributed by atoms with E-state index >= 15 is 0 Å². The minimum absolute atomic E-state index is 0.196. The number of nitrogens with zero attached hydrogens (tertiary/aromatic N) is 2. The van der Waals surface area contributed by atoms with Crippen LogP contribution in [-0.2, 0) is 10.0 Å². The Morgan fingerprint density at radius 3 is 2.56 bits per heavy atom. The third kappa shape index (κ3) is 3.94. The zero-order chi connectivity index (χ0) is 19.6. The Kier molecular flexibility index (Phi) is 5.43. The molecule has 7 heteroatoms. The minimum Gasteiger partial charge on any atom is -0.497 e. The predicted molar refractivity (Wildman–Crippen MR) is 106 cm³/mol. The molecule has 0 saturated heterocycles. The summed E-state index contributed by atoms with van der Waals surface area (Å²) >= 11 is 0. The Balaban J connectivity index is 1.97. The fourth-order valence-electron chi connectivity index (χ4n) is 2.78. The molecule has 6 nitrogen and oxygen atoms in total. The van der Waals surface area contributed by atoms with Crippen molar-refractivity contribution in [3.63, 3.8) is 0 Å². The first-order valence-electron chi connectivity index (χ1n) is 8.62. The number of likely N-dealkylation sites (N-methyl/N-ethyl adjacent to an activating group) is 1. The molecule has 0 aliphatic heterocycles. The highest BCUT2D eigenvalue weighted by Gasteiger charge is 2.20. The van der Waals surface area contributed by atoms with Crippen molar-refractivity contribution in [2.75, 3.05) is 34.4 Å². The van der Waals surface area contributed by atoms with Crippen LogP contribution in [-0.4, -0.2) is 51.6 Å². The quantitative estimate of drug-likeness (QED) is 0.622. The van der Waals surface area contributed by atoms with Crippen LogP contribution in [0.4, 0.5) is 0 Å². The lowest BCUT2D eigenvalue weighted by molar-refractivity contribution is 0.259. The fraction of sp³-hybridized carbons (Fsp3) is 0.300. The van der Waals surface area contributed by atoms with E-state index in [1.54, 1.807) is 49.7 Å². The van der Waals surface area contributed by atoms with Gasteiger partial charge in [-0.25, -0.2) is 12.4 Å². The Hall–Kier alpha value is -2.51. The number of ether oxygens (including phenoxy) is 2. The van der Waals surface area contributed by atoms with Gasteiger partial charge in [0, 0.05) is 24.2 Å². The lowest BCUT2D eigenvalue weighted by Crippen LogP contribution is -2.19. The maximum atomic E-state index is 13.2. The van der Waals surface area contributed by atoms with Crippen molar-refractivity contribution in [2.45, 2.75) is 11.8 Å². The zero-order valence-corrected chi connectivity index (χ0v) is 16.8. The molecule has 3 aromatic rings. The maximum absolute atomic E-state index is 13.2. The highest BCUT2D eigenvalue weighted by Crippen LogP contribution is 2.28. The third-order valence-electron chi connectivity index (χ3n) is 4.37. The molecule has 0 aliphatic carbocycles. The van der Waals surface area contributed by atoms with Crippen molar-refractivity contribution in [2.24, 2.45) is 0 Å². The molecule has 27 heavy (non-hydrogen) atoms. The van der Waals surface area contributed by atoms with E-state index in [2.05, 4.69) is 0 Å². The first kappa shape index (κ1) is 19.3. The van der Waals surface area contributed by atoms with Gasteiger partial charge in [-0.1, -0.05) is 6.07 Å². The largest absolute Gasteiger partial charge is 0.497 e. The van der Waals surface area contributed by atoms with Gasteiger partial charge in [-0.15, -0.1) is 0 Å². The van der Waals surface area contributed by atoms with Crippen molar-refractivity contribution in [1.29, 1.82) is 0 Å². The average Bonchev–Trinajstić information content (AvgIpc) is 3.06. The Bertz CT molecular complexity index is 1060. The first-order valence-corrected chi connectivity index (χ1v) is 10.1. The van der Waals surface area contributed by atoms with Crippen LogP contribution in [0.3, 0.4) is 0 Å². The summed E-state index contributed by atoms with van der Waals surface area (Å²) in [7, 11) is 1.77. The van der Waals surface area contributed by atoms with E-state index in [0.717, 1.165) is 17.5 Å². The van der Waals surface area contributed by atoms with Crippen LogP contribution in [0.25, 0.3) is 10.9 Å². The van der Waals surface area contributed by atoms with Crippen molar-refractivity contribution in [3.8, 4) is 11.5 Å². The Labute approximate surface area is 160 Å². The summed E-state index contributed by atoms with van der Waals surface area (Å²) in [6.45, 7) is 3.14. The van der Waals surface area contributed by atoms with Gasteiger partial charge in [-0.05, 0) is 56.9 Å². The number of aryl methyl sites for hydroxylation is 1. The van der Waals surface area contributed by atoms with E-state index in [1.165, 1.54) is 3.97 Å². The maximum Gasteiger partial charge on any atom is 0.268 e. The third-order valence-corrected chi connectivity index (χ3v) is 6.06. The van der Waals surface area contributed by atoms with E-state index in [0.29, 0.717) is 23.6 Å². The summed E-state index contributed by atoms with van der Waals surface area (Å²) in [5, 5.41) is 0.799. The summed E-state index contributed by atoms with van der Waals surface area (Å²) < 4.78 is 38.6. The van der Waals surface area contributed by atoms with E-state index in [1.807, 2.05) is 32.0 Å². The smallest absolute Gasteiger partial charge is 0.268 e. The lowest BCUT2D eigenvalue weighted by atomic mass is 10.2. The van der Waals surface area contributed by atoms with E-state index < -0.39 is 10.0 Å². The normalized spacial score (nSPS) is 11.9. The van der Waals surface area contributed by atoms with Crippen LogP contribution < -0.4 is 9.47 Å². The highest BCUT2D eigenvalue weighted by atomic mass is 32.2. The molecule has 0 radical (unpaired) electrons. The van der Waals surface area contributed by atoms with Crippen LogP contribution in [0, 0.1) is 6.92 Å². The molecular weight excluding hydrogens is 364 g/mol. The number of fused-ring (bicyclic) bond motifs is 1. The number of benzene rings is 2. The zero-order valence-electron chi connectivity index (χ0n) is 16.0. The standard InChI is InChI=1S/C20H24N2O4S/c1-15-5-7-18(14-20(15)26-12-11-21(2)3)27(23,24)22-10-9-16-13-17(25-4)6-8-19(16)22/h5-10,13-14H,11-12H2,1-4H3. The molecule has 144 valence electrons. The van der Waals surface area contributed by atoms with Gasteiger partial charge >= 0.3 is 0 Å². The van der Waals surface area contributed by atoms with Crippen LogP contribution in [0.1, 0.15) is 5.56 Å². The molecule has 0 bridgehead atoms. The van der Waals surface area contributed by atoms with E-state index in [-0.39, 0.29) is 4.90 Å². The van der Waals surface area contributed by atoms with Gasteiger partial charge in [0.2, 0.25) is 0 Å². The lowest BCUT2D eigenvalue weighted by Gasteiger charge is -2.14. The second kappa shape index (κ2) is 7.62. The van der Waals surface area contributed by atoms with Crippen LogP contribution in [0.15, 0.2) is 53.6 Å². The average molecular weight is 388 g/mol. The SMILES string of the molecule is COc1ccc2c(ccn2S(=O)(=O)c2ccc(C)c(OCCN(C)C)c2)c1. The molecule has 0 unspecified atom stereocenters. The Morgan fingerprint density at radius 1 is 1.07 bits per heavy atom. The summed E-state index contributed by atoms with van der Waals surface area (Å²) in [6.07, 6.45) is 1.56. The molecule has 0 N–H and O–H groups in total. The minimum atomic E-state index is -3.74. The van der Waals surface area contributed by atoms with Crippen LogP contribution in [0.5, 0.6) is 11.5 Å². The van der Waals surface area contributed by atoms with Gasteiger partial charge in [-0.3, -0.25) is 0 Å². The molecular formula is C20H24N2O4S.